The summed E-state index contributed by atoms with van der Waals surface area (Å²) in [5, 5.41) is 14.1. The van der Waals surface area contributed by atoms with Crippen LogP contribution in [0, 0.1) is 10.1 Å². The smallest absolute Gasteiger partial charge is 0.255 e. The Hall–Kier alpha value is -2.75. The van der Waals surface area contributed by atoms with Gasteiger partial charge in [0.15, 0.2) is 0 Å². The van der Waals surface area contributed by atoms with Crippen LogP contribution in [0.4, 0.5) is 0 Å². The maximum atomic E-state index is 11.6. The van der Waals surface area contributed by atoms with E-state index in [0.29, 0.717) is 5.39 Å². The third-order valence-electron chi connectivity index (χ3n) is 3.14. The molecule has 3 aromatic carbocycles. The molecule has 0 N–H and O–H groups in total. The molecule has 0 bridgehead atoms. The van der Waals surface area contributed by atoms with Crippen molar-refractivity contribution in [2.75, 3.05) is 0 Å². The summed E-state index contributed by atoms with van der Waals surface area (Å²) in [6.45, 7) is 0. The van der Waals surface area contributed by atoms with E-state index in [1.54, 1.807) is 6.07 Å². The minimum Gasteiger partial charge on any atom is -0.255 e. The minimum absolute atomic E-state index is 0.133. The lowest BCUT2D eigenvalue weighted by molar-refractivity contribution is -0.375. The molecule has 0 spiro atoms. The zero-order valence-electron chi connectivity index (χ0n) is 9.87. The molecule has 0 aliphatic rings. The first-order valence-electron chi connectivity index (χ1n) is 5.77. The molecular weight excluding hydrogens is 242 g/mol. The topological polar surface area (TPSA) is 60.2 Å². The van der Waals surface area contributed by atoms with E-state index >= 15 is 0 Å². The van der Waals surface area contributed by atoms with Crippen LogP contribution in [0.25, 0.3) is 21.5 Å². The Morgan fingerprint density at radius 3 is 2.21 bits per heavy atom. The highest BCUT2D eigenvalue weighted by Gasteiger charge is 2.20. The number of hydrogen-bond acceptors (Lipinski definition) is 3. The summed E-state index contributed by atoms with van der Waals surface area (Å²) >= 11 is 0. The molecule has 19 heavy (non-hydrogen) atoms. The molecule has 92 valence electrons. The lowest BCUT2D eigenvalue weighted by atomic mass is 9.99. The summed E-state index contributed by atoms with van der Waals surface area (Å²) in [6.07, 6.45) is 0. The zero-order valence-corrected chi connectivity index (χ0v) is 9.87. The Bertz CT molecular complexity index is 824. The van der Waals surface area contributed by atoms with Gasteiger partial charge in [-0.3, -0.25) is 10.1 Å². The molecule has 3 aromatic rings. The fourth-order valence-corrected chi connectivity index (χ4v) is 2.25. The van der Waals surface area contributed by atoms with Gasteiger partial charge in [0.1, 0.15) is 10.5 Å². The van der Waals surface area contributed by atoms with Crippen LogP contribution in [0.2, 0.25) is 0 Å². The highest BCUT2D eigenvalue weighted by Crippen LogP contribution is 2.25. The lowest BCUT2D eigenvalue weighted by Crippen LogP contribution is -2.11. The average molecular weight is 251 g/mol. The van der Waals surface area contributed by atoms with Gasteiger partial charge in [-0.25, -0.2) is 4.79 Å². The fourth-order valence-electron chi connectivity index (χ4n) is 2.25. The fraction of sp³-hybridized carbons (Fsp3) is 0. The number of nitrogens with zero attached hydrogens (tertiary/aromatic N) is 1. The SMILES string of the molecule is O=C(c1cccc2cc3ccccc3cc12)[N+](=O)[O-]. The number of carbonyl (C=O) groups is 1. The Balaban J connectivity index is 2.38. The summed E-state index contributed by atoms with van der Waals surface area (Å²) in [5.74, 6) is -1.07. The van der Waals surface area contributed by atoms with Gasteiger partial charge in [0.05, 0.1) is 0 Å². The monoisotopic (exact) mass is 251 g/mol. The molecule has 0 aliphatic heterocycles. The molecule has 0 fully saturated rings. The van der Waals surface area contributed by atoms with Gasteiger partial charge in [-0.1, -0.05) is 36.4 Å². The first kappa shape index (κ1) is 11.3. The molecule has 0 radical (unpaired) electrons. The van der Waals surface area contributed by atoms with Gasteiger partial charge in [0.2, 0.25) is 0 Å². The molecule has 0 unspecified atom stereocenters. The predicted octanol–water partition coefficient (Wildman–Crippen LogP) is 3.41. The number of carbonyl (C=O) groups excluding carboxylic acids is 1. The molecule has 0 atom stereocenters. The maximum Gasteiger partial charge on any atom is 0.477 e. The van der Waals surface area contributed by atoms with Crippen molar-refractivity contribution in [3.63, 3.8) is 0 Å². The maximum absolute atomic E-state index is 11.6. The molecule has 0 aliphatic carbocycles. The lowest BCUT2D eigenvalue weighted by Gasteiger charge is -2.04. The minimum atomic E-state index is -1.07. The van der Waals surface area contributed by atoms with Crippen LogP contribution in [-0.4, -0.2) is 10.8 Å². The summed E-state index contributed by atoms with van der Waals surface area (Å²) in [5.41, 5.74) is 0.133. The van der Waals surface area contributed by atoms with E-state index in [1.165, 1.54) is 6.07 Å². The Morgan fingerprint density at radius 1 is 0.895 bits per heavy atom. The quantitative estimate of drug-likeness (QED) is 0.378. The normalized spacial score (nSPS) is 10.7. The number of rotatable bonds is 1. The molecular formula is C15H9NO3. The predicted molar refractivity (Wildman–Crippen MR) is 72.8 cm³/mol. The molecule has 0 heterocycles. The van der Waals surface area contributed by atoms with Crippen molar-refractivity contribution in [2.24, 2.45) is 0 Å². The van der Waals surface area contributed by atoms with E-state index in [-0.39, 0.29) is 5.56 Å². The molecule has 0 aromatic heterocycles. The van der Waals surface area contributed by atoms with E-state index in [9.17, 15) is 14.9 Å². The third-order valence-corrected chi connectivity index (χ3v) is 3.14. The molecule has 0 saturated heterocycles. The van der Waals surface area contributed by atoms with Gasteiger partial charge < -0.3 is 0 Å². The highest BCUT2D eigenvalue weighted by atomic mass is 16.6. The molecule has 1 amide bonds. The third kappa shape index (κ3) is 1.83. The van der Waals surface area contributed by atoms with Gasteiger partial charge in [-0.05, 0) is 34.4 Å². The summed E-state index contributed by atoms with van der Waals surface area (Å²) < 4.78 is 0. The Kier molecular flexibility index (Phi) is 2.49. The van der Waals surface area contributed by atoms with Crippen LogP contribution < -0.4 is 0 Å². The summed E-state index contributed by atoms with van der Waals surface area (Å²) in [6, 6.07) is 16.5. The first-order valence-corrected chi connectivity index (χ1v) is 5.77. The number of hydrogen-bond donors (Lipinski definition) is 0. The highest BCUT2D eigenvalue weighted by molar-refractivity contribution is 6.08. The molecule has 0 saturated carbocycles. The summed E-state index contributed by atoms with van der Waals surface area (Å²) in [4.78, 5) is 21.4. The van der Waals surface area contributed by atoms with E-state index < -0.39 is 10.8 Å². The van der Waals surface area contributed by atoms with Crippen LogP contribution in [0.1, 0.15) is 10.4 Å². The first-order chi connectivity index (χ1) is 9.16. The summed E-state index contributed by atoms with van der Waals surface area (Å²) in [7, 11) is 0. The van der Waals surface area contributed by atoms with Crippen molar-refractivity contribution in [1.82, 2.24) is 0 Å². The number of fused-ring (bicyclic) bond motifs is 2. The second-order valence-corrected chi connectivity index (χ2v) is 4.29. The van der Waals surface area contributed by atoms with Crippen molar-refractivity contribution in [2.45, 2.75) is 0 Å². The van der Waals surface area contributed by atoms with Crippen molar-refractivity contribution < 1.29 is 9.72 Å². The van der Waals surface area contributed by atoms with E-state index in [1.807, 2.05) is 42.5 Å². The van der Waals surface area contributed by atoms with E-state index in [0.717, 1.165) is 16.2 Å². The van der Waals surface area contributed by atoms with Gasteiger partial charge >= 0.3 is 5.91 Å². The van der Waals surface area contributed by atoms with Crippen molar-refractivity contribution in [3.05, 3.63) is 70.3 Å². The Labute approximate surface area is 108 Å². The van der Waals surface area contributed by atoms with Crippen LogP contribution in [0.5, 0.6) is 0 Å². The zero-order chi connectivity index (χ0) is 13.4. The Morgan fingerprint density at radius 2 is 1.53 bits per heavy atom. The number of amides is 1. The van der Waals surface area contributed by atoms with E-state index in [2.05, 4.69) is 0 Å². The average Bonchev–Trinajstić information content (AvgIpc) is 2.43. The van der Waals surface area contributed by atoms with Gasteiger partial charge in [-0.2, -0.15) is 0 Å². The largest absolute Gasteiger partial charge is 0.477 e. The van der Waals surface area contributed by atoms with Crippen LogP contribution in [0.3, 0.4) is 0 Å². The van der Waals surface area contributed by atoms with Crippen LogP contribution >= 0.6 is 0 Å². The number of benzene rings is 3. The van der Waals surface area contributed by atoms with Crippen LogP contribution in [0.15, 0.2) is 54.6 Å². The van der Waals surface area contributed by atoms with Gasteiger partial charge in [0.25, 0.3) is 0 Å². The van der Waals surface area contributed by atoms with Gasteiger partial charge in [-0.15, -0.1) is 0 Å². The second-order valence-electron chi connectivity index (χ2n) is 4.29. The standard InChI is InChI=1S/C15H9NO3/c17-15(16(18)19)13-7-3-6-12-8-10-4-1-2-5-11(10)9-14(12)13/h1-9H. The van der Waals surface area contributed by atoms with Crippen molar-refractivity contribution in [3.8, 4) is 0 Å². The van der Waals surface area contributed by atoms with Crippen molar-refractivity contribution in [1.29, 1.82) is 0 Å². The van der Waals surface area contributed by atoms with E-state index in [4.69, 9.17) is 0 Å². The second kappa shape index (κ2) is 4.17. The molecule has 4 nitrogen and oxygen atoms in total. The molecule has 3 rings (SSSR count). The van der Waals surface area contributed by atoms with Crippen molar-refractivity contribution >= 4 is 27.5 Å². The van der Waals surface area contributed by atoms with Crippen LogP contribution in [-0.2, 0) is 0 Å². The molecule has 4 heteroatoms. The van der Waals surface area contributed by atoms with Gasteiger partial charge in [0, 0.05) is 5.39 Å². The number of nitro groups is 1.